The van der Waals surface area contributed by atoms with Crippen LogP contribution in [0.3, 0.4) is 0 Å². The summed E-state index contributed by atoms with van der Waals surface area (Å²) in [6.45, 7) is 3.39. The molecule has 0 unspecified atom stereocenters. The molecule has 1 aliphatic heterocycles. The molecule has 0 atom stereocenters. The van der Waals surface area contributed by atoms with Gasteiger partial charge in [0.05, 0.1) is 12.6 Å². The SMILES string of the molecule is CCOc1ncccc1C(=O)N1CCC(n2nnc3ccsc3c2=O)CC1. The van der Waals surface area contributed by atoms with Gasteiger partial charge in [0.1, 0.15) is 15.8 Å². The van der Waals surface area contributed by atoms with Crippen molar-refractivity contribution in [3.63, 3.8) is 0 Å². The molecule has 4 rings (SSSR count). The highest BCUT2D eigenvalue weighted by Crippen LogP contribution is 2.24. The molecule has 1 fully saturated rings. The van der Waals surface area contributed by atoms with E-state index in [0.717, 1.165) is 0 Å². The van der Waals surface area contributed by atoms with Crippen molar-refractivity contribution in [1.82, 2.24) is 24.9 Å². The number of ether oxygens (including phenoxy) is 1. The van der Waals surface area contributed by atoms with E-state index in [1.165, 1.54) is 16.0 Å². The highest BCUT2D eigenvalue weighted by Gasteiger charge is 2.28. The van der Waals surface area contributed by atoms with Crippen LogP contribution < -0.4 is 10.3 Å². The van der Waals surface area contributed by atoms with Gasteiger partial charge >= 0.3 is 0 Å². The molecule has 3 aromatic heterocycles. The first-order chi connectivity index (χ1) is 13.2. The Morgan fingerprint density at radius 2 is 2.15 bits per heavy atom. The molecule has 0 aliphatic carbocycles. The number of pyridine rings is 1. The zero-order valence-corrected chi connectivity index (χ0v) is 15.7. The fraction of sp³-hybridized carbons (Fsp3) is 0.389. The summed E-state index contributed by atoms with van der Waals surface area (Å²) in [5, 5.41) is 10.1. The molecule has 4 heterocycles. The van der Waals surface area contributed by atoms with Crippen molar-refractivity contribution in [2.45, 2.75) is 25.8 Å². The van der Waals surface area contributed by atoms with E-state index in [4.69, 9.17) is 4.74 Å². The van der Waals surface area contributed by atoms with E-state index < -0.39 is 0 Å². The minimum absolute atomic E-state index is 0.0548. The Morgan fingerprint density at radius 3 is 2.93 bits per heavy atom. The molecule has 1 amide bonds. The van der Waals surface area contributed by atoms with E-state index in [-0.39, 0.29) is 17.5 Å². The van der Waals surface area contributed by atoms with E-state index in [9.17, 15) is 9.59 Å². The molecular formula is C18H19N5O3S. The third kappa shape index (κ3) is 3.30. The number of hydrogen-bond donors (Lipinski definition) is 0. The molecule has 0 spiro atoms. The van der Waals surface area contributed by atoms with Gasteiger partial charge in [-0.15, -0.1) is 16.4 Å². The molecular weight excluding hydrogens is 366 g/mol. The second kappa shape index (κ2) is 7.43. The molecule has 0 radical (unpaired) electrons. The zero-order valence-electron chi connectivity index (χ0n) is 14.9. The second-order valence-electron chi connectivity index (χ2n) is 6.29. The molecule has 1 saturated heterocycles. The summed E-state index contributed by atoms with van der Waals surface area (Å²) in [7, 11) is 0. The van der Waals surface area contributed by atoms with Crippen LogP contribution in [0.5, 0.6) is 5.88 Å². The van der Waals surface area contributed by atoms with Crippen LogP contribution in [0.25, 0.3) is 10.2 Å². The molecule has 8 nitrogen and oxygen atoms in total. The van der Waals surface area contributed by atoms with Crippen molar-refractivity contribution < 1.29 is 9.53 Å². The van der Waals surface area contributed by atoms with Crippen LogP contribution in [0, 0.1) is 0 Å². The van der Waals surface area contributed by atoms with Crippen LogP contribution in [0.15, 0.2) is 34.6 Å². The predicted octanol–water partition coefficient (Wildman–Crippen LogP) is 2.12. The molecule has 0 saturated carbocycles. The standard InChI is InChI=1S/C18H19N5O3S/c1-2-26-16-13(4-3-8-19-16)17(24)22-9-5-12(6-10-22)23-18(25)15-14(20-21-23)7-11-27-15/h3-4,7-8,11-12H,2,5-6,9-10H2,1H3. The lowest BCUT2D eigenvalue weighted by molar-refractivity contribution is 0.0682. The first-order valence-electron chi connectivity index (χ1n) is 8.89. The van der Waals surface area contributed by atoms with Gasteiger partial charge in [0.25, 0.3) is 11.5 Å². The molecule has 0 bridgehead atoms. The topological polar surface area (TPSA) is 90.2 Å². The zero-order chi connectivity index (χ0) is 18.8. The Balaban J connectivity index is 1.49. The van der Waals surface area contributed by atoms with Gasteiger partial charge in [0.2, 0.25) is 5.88 Å². The minimum atomic E-state index is -0.106. The number of nitrogens with zero attached hydrogens (tertiary/aromatic N) is 5. The van der Waals surface area contributed by atoms with Gasteiger partial charge in [-0.2, -0.15) is 0 Å². The first kappa shape index (κ1) is 17.6. The normalized spacial score (nSPS) is 15.2. The number of thiophene rings is 1. The third-order valence-corrected chi connectivity index (χ3v) is 5.57. The Labute approximate surface area is 159 Å². The summed E-state index contributed by atoms with van der Waals surface area (Å²) in [6.07, 6.45) is 2.92. The summed E-state index contributed by atoms with van der Waals surface area (Å²) in [5.74, 6) is 0.259. The van der Waals surface area contributed by atoms with Gasteiger partial charge in [0, 0.05) is 19.3 Å². The summed E-state index contributed by atoms with van der Waals surface area (Å²) in [4.78, 5) is 31.4. The maximum atomic E-state index is 12.9. The fourth-order valence-electron chi connectivity index (χ4n) is 3.31. The maximum absolute atomic E-state index is 12.9. The van der Waals surface area contributed by atoms with Crippen LogP contribution in [0.4, 0.5) is 0 Å². The van der Waals surface area contributed by atoms with E-state index in [1.807, 2.05) is 12.3 Å². The van der Waals surface area contributed by atoms with Gasteiger partial charge in [0.15, 0.2) is 0 Å². The van der Waals surface area contributed by atoms with Crippen LogP contribution >= 0.6 is 11.3 Å². The van der Waals surface area contributed by atoms with Gasteiger partial charge in [-0.25, -0.2) is 9.67 Å². The van der Waals surface area contributed by atoms with Gasteiger partial charge < -0.3 is 9.64 Å². The molecule has 27 heavy (non-hydrogen) atoms. The summed E-state index contributed by atoms with van der Waals surface area (Å²) < 4.78 is 7.56. The Kier molecular flexibility index (Phi) is 4.85. The summed E-state index contributed by atoms with van der Waals surface area (Å²) >= 11 is 1.38. The highest BCUT2D eigenvalue weighted by molar-refractivity contribution is 7.17. The van der Waals surface area contributed by atoms with Crippen molar-refractivity contribution in [3.05, 3.63) is 45.7 Å². The number of carbonyl (C=O) groups is 1. The number of hydrogen-bond acceptors (Lipinski definition) is 7. The lowest BCUT2D eigenvalue weighted by Crippen LogP contribution is -2.41. The third-order valence-electron chi connectivity index (χ3n) is 4.68. The number of aromatic nitrogens is 4. The van der Waals surface area contributed by atoms with Crippen molar-refractivity contribution in [2.75, 3.05) is 19.7 Å². The quantitative estimate of drug-likeness (QED) is 0.683. The summed E-state index contributed by atoms with van der Waals surface area (Å²) in [5.41, 5.74) is 0.995. The lowest BCUT2D eigenvalue weighted by Gasteiger charge is -2.32. The van der Waals surface area contributed by atoms with E-state index in [2.05, 4.69) is 15.3 Å². The summed E-state index contributed by atoms with van der Waals surface area (Å²) in [6, 6.07) is 5.20. The van der Waals surface area contributed by atoms with Crippen molar-refractivity contribution in [2.24, 2.45) is 0 Å². The largest absolute Gasteiger partial charge is 0.477 e. The molecule has 9 heteroatoms. The number of amides is 1. The Morgan fingerprint density at radius 1 is 1.33 bits per heavy atom. The molecule has 140 valence electrons. The number of fused-ring (bicyclic) bond motifs is 1. The lowest BCUT2D eigenvalue weighted by atomic mass is 10.0. The molecule has 1 aliphatic rings. The predicted molar refractivity (Wildman–Crippen MR) is 101 cm³/mol. The number of piperidine rings is 1. The Hall–Kier alpha value is -2.81. The van der Waals surface area contributed by atoms with Gasteiger partial charge in [-0.05, 0) is 43.3 Å². The second-order valence-corrected chi connectivity index (χ2v) is 7.20. The number of likely N-dealkylation sites (tertiary alicyclic amines) is 1. The average Bonchev–Trinajstić information content (AvgIpc) is 3.18. The van der Waals surface area contributed by atoms with Gasteiger partial charge in [-0.3, -0.25) is 9.59 Å². The molecule has 0 N–H and O–H groups in total. The minimum Gasteiger partial charge on any atom is -0.477 e. The van der Waals surface area contributed by atoms with Crippen molar-refractivity contribution in [3.8, 4) is 5.88 Å². The van der Waals surface area contributed by atoms with Crippen LogP contribution in [-0.4, -0.2) is 50.5 Å². The van der Waals surface area contributed by atoms with Gasteiger partial charge in [-0.1, -0.05) is 5.21 Å². The molecule has 0 aromatic carbocycles. The van der Waals surface area contributed by atoms with Crippen molar-refractivity contribution >= 4 is 27.5 Å². The van der Waals surface area contributed by atoms with Crippen molar-refractivity contribution in [1.29, 1.82) is 0 Å². The smallest absolute Gasteiger partial charge is 0.287 e. The van der Waals surface area contributed by atoms with Crippen LogP contribution in [0.1, 0.15) is 36.2 Å². The number of rotatable bonds is 4. The van der Waals surface area contributed by atoms with E-state index in [1.54, 1.807) is 29.3 Å². The fourth-order valence-corrected chi connectivity index (χ4v) is 4.07. The highest BCUT2D eigenvalue weighted by atomic mass is 32.1. The van der Waals surface area contributed by atoms with Crippen LogP contribution in [-0.2, 0) is 0 Å². The average molecular weight is 385 g/mol. The maximum Gasteiger partial charge on any atom is 0.287 e. The van der Waals surface area contributed by atoms with E-state index in [0.29, 0.717) is 54.2 Å². The first-order valence-corrected chi connectivity index (χ1v) is 9.76. The number of carbonyl (C=O) groups excluding carboxylic acids is 1. The monoisotopic (exact) mass is 385 g/mol. The Bertz CT molecular complexity index is 1020. The van der Waals surface area contributed by atoms with Crippen LogP contribution in [0.2, 0.25) is 0 Å². The molecule has 3 aromatic rings. The van der Waals surface area contributed by atoms with E-state index >= 15 is 0 Å².